The molecule has 0 radical (unpaired) electrons. The number of amides is 1. The Morgan fingerprint density at radius 1 is 1.14 bits per heavy atom. The van der Waals surface area contributed by atoms with E-state index in [0.29, 0.717) is 0 Å². The van der Waals surface area contributed by atoms with E-state index in [2.05, 4.69) is 30.1 Å². The van der Waals surface area contributed by atoms with Crippen molar-refractivity contribution in [3.05, 3.63) is 29.8 Å². The highest BCUT2D eigenvalue weighted by Crippen LogP contribution is 2.27. The molecule has 2 rings (SSSR count). The standard InChI is InChI=1S/C18H29N3O.C2H2O4/c1-4-20(5-2)13-8-12-19-15(3)18(22)21-14-11-16-9-6-7-10-17(16)21;3-1(4)2(5)6/h6-7,9-10,15,19H,4-5,8,11-14H2,1-3H3;(H,3,4)(H,5,6). The van der Waals surface area contributed by atoms with Crippen molar-refractivity contribution in [3.8, 4) is 0 Å². The predicted octanol–water partition coefficient (Wildman–Crippen LogP) is 1.44. The molecule has 0 saturated heterocycles. The molecule has 1 aliphatic heterocycles. The number of carbonyl (C=O) groups excluding carboxylic acids is 1. The van der Waals surface area contributed by atoms with Crippen molar-refractivity contribution >= 4 is 23.5 Å². The van der Waals surface area contributed by atoms with Crippen molar-refractivity contribution in [1.82, 2.24) is 10.2 Å². The molecule has 1 aromatic carbocycles. The highest BCUT2D eigenvalue weighted by molar-refractivity contribution is 6.27. The van der Waals surface area contributed by atoms with Gasteiger partial charge in [-0.05, 0) is 57.6 Å². The van der Waals surface area contributed by atoms with E-state index in [1.807, 2.05) is 30.0 Å². The molecular weight excluding hydrogens is 362 g/mol. The lowest BCUT2D eigenvalue weighted by Crippen LogP contribution is -2.45. The molecule has 1 unspecified atom stereocenters. The maximum Gasteiger partial charge on any atom is 0.414 e. The second kappa shape index (κ2) is 12.1. The molecule has 0 aromatic heterocycles. The Balaban J connectivity index is 0.000000568. The summed E-state index contributed by atoms with van der Waals surface area (Å²) in [6, 6.07) is 8.09. The first-order valence-corrected chi connectivity index (χ1v) is 9.63. The summed E-state index contributed by atoms with van der Waals surface area (Å²) in [5, 5.41) is 18.2. The van der Waals surface area contributed by atoms with Crippen LogP contribution in [0.3, 0.4) is 0 Å². The molecule has 1 aliphatic rings. The van der Waals surface area contributed by atoms with Crippen molar-refractivity contribution in [2.45, 2.75) is 39.7 Å². The Kier molecular flexibility index (Phi) is 10.2. The Morgan fingerprint density at radius 2 is 1.75 bits per heavy atom. The molecule has 3 N–H and O–H groups in total. The van der Waals surface area contributed by atoms with Crippen LogP contribution in [0.15, 0.2) is 24.3 Å². The summed E-state index contributed by atoms with van der Waals surface area (Å²) in [7, 11) is 0. The van der Waals surface area contributed by atoms with Crippen molar-refractivity contribution in [1.29, 1.82) is 0 Å². The quantitative estimate of drug-likeness (QED) is 0.453. The number of carbonyl (C=O) groups is 3. The minimum Gasteiger partial charge on any atom is -0.473 e. The third kappa shape index (κ3) is 7.28. The van der Waals surface area contributed by atoms with Crippen molar-refractivity contribution in [2.24, 2.45) is 0 Å². The maximum absolute atomic E-state index is 12.6. The molecule has 0 fully saturated rings. The zero-order chi connectivity index (χ0) is 21.1. The molecule has 1 amide bonds. The van der Waals surface area contributed by atoms with E-state index in [-0.39, 0.29) is 11.9 Å². The van der Waals surface area contributed by atoms with Crippen molar-refractivity contribution < 1.29 is 24.6 Å². The second-order valence-corrected chi connectivity index (χ2v) is 6.54. The van der Waals surface area contributed by atoms with Crippen LogP contribution in [0.4, 0.5) is 5.69 Å². The van der Waals surface area contributed by atoms with Gasteiger partial charge in [0.15, 0.2) is 0 Å². The van der Waals surface area contributed by atoms with Crippen molar-refractivity contribution in [3.63, 3.8) is 0 Å². The van der Waals surface area contributed by atoms with E-state index in [1.54, 1.807) is 0 Å². The summed E-state index contributed by atoms with van der Waals surface area (Å²) in [6.45, 7) is 11.3. The van der Waals surface area contributed by atoms with Crippen LogP contribution >= 0.6 is 0 Å². The van der Waals surface area contributed by atoms with Gasteiger partial charge in [-0.1, -0.05) is 32.0 Å². The second-order valence-electron chi connectivity index (χ2n) is 6.54. The molecule has 28 heavy (non-hydrogen) atoms. The molecule has 0 aliphatic carbocycles. The van der Waals surface area contributed by atoms with Gasteiger partial charge in [-0.25, -0.2) is 9.59 Å². The van der Waals surface area contributed by atoms with Crippen LogP contribution < -0.4 is 10.2 Å². The molecule has 0 bridgehead atoms. The number of carboxylic acid groups (broad SMARTS) is 2. The fourth-order valence-electron chi connectivity index (χ4n) is 3.05. The Bertz CT molecular complexity index is 649. The van der Waals surface area contributed by atoms with E-state index in [4.69, 9.17) is 19.8 Å². The van der Waals surface area contributed by atoms with E-state index >= 15 is 0 Å². The van der Waals surface area contributed by atoms with Crippen LogP contribution in [-0.4, -0.2) is 71.7 Å². The van der Waals surface area contributed by atoms with Gasteiger partial charge < -0.3 is 25.3 Å². The monoisotopic (exact) mass is 393 g/mol. The molecule has 8 nitrogen and oxygen atoms in total. The summed E-state index contributed by atoms with van der Waals surface area (Å²) in [5.41, 5.74) is 2.37. The number of benzene rings is 1. The SMILES string of the molecule is CCN(CC)CCCNC(C)C(=O)N1CCc2ccccc21.O=C(O)C(=O)O. The van der Waals surface area contributed by atoms with Gasteiger partial charge in [0.25, 0.3) is 0 Å². The van der Waals surface area contributed by atoms with Gasteiger partial charge >= 0.3 is 11.9 Å². The number of carboxylic acids is 2. The molecule has 156 valence electrons. The average Bonchev–Trinajstić information content (AvgIpc) is 3.11. The van der Waals surface area contributed by atoms with Crippen LogP contribution in [0, 0.1) is 0 Å². The number of nitrogens with one attached hydrogen (secondary N) is 1. The average molecular weight is 393 g/mol. The molecule has 1 aromatic rings. The first-order chi connectivity index (χ1) is 13.3. The number of fused-ring (bicyclic) bond motifs is 1. The third-order valence-corrected chi connectivity index (χ3v) is 4.70. The summed E-state index contributed by atoms with van der Waals surface area (Å²) in [6.07, 6.45) is 2.05. The highest BCUT2D eigenvalue weighted by atomic mass is 16.4. The van der Waals surface area contributed by atoms with Crippen LogP contribution in [0.2, 0.25) is 0 Å². The first-order valence-electron chi connectivity index (χ1n) is 9.63. The number of nitrogens with zero attached hydrogens (tertiary/aromatic N) is 2. The van der Waals surface area contributed by atoms with Gasteiger partial charge in [-0.15, -0.1) is 0 Å². The summed E-state index contributed by atoms with van der Waals surface area (Å²) >= 11 is 0. The summed E-state index contributed by atoms with van der Waals surface area (Å²) in [4.78, 5) is 35.1. The number of rotatable bonds is 8. The minimum atomic E-state index is -1.82. The van der Waals surface area contributed by atoms with E-state index < -0.39 is 11.9 Å². The smallest absolute Gasteiger partial charge is 0.414 e. The number of hydrogen-bond donors (Lipinski definition) is 3. The van der Waals surface area contributed by atoms with Gasteiger partial charge in [-0.2, -0.15) is 0 Å². The molecule has 0 spiro atoms. The molecule has 0 saturated carbocycles. The normalized spacial score (nSPS) is 13.5. The number of aliphatic carboxylic acids is 2. The van der Waals surface area contributed by atoms with E-state index in [1.165, 1.54) is 5.56 Å². The van der Waals surface area contributed by atoms with Gasteiger partial charge in [-0.3, -0.25) is 4.79 Å². The van der Waals surface area contributed by atoms with E-state index in [9.17, 15) is 4.79 Å². The van der Waals surface area contributed by atoms with Gasteiger partial charge in [0.05, 0.1) is 6.04 Å². The molecule has 1 heterocycles. The number of para-hydroxylation sites is 1. The lowest BCUT2D eigenvalue weighted by Gasteiger charge is -2.23. The summed E-state index contributed by atoms with van der Waals surface area (Å²) in [5.74, 6) is -3.46. The zero-order valence-electron chi connectivity index (χ0n) is 16.9. The molecule has 1 atom stereocenters. The number of anilines is 1. The maximum atomic E-state index is 12.6. The van der Waals surface area contributed by atoms with Crippen LogP contribution in [0.5, 0.6) is 0 Å². The van der Waals surface area contributed by atoms with Gasteiger partial charge in [0, 0.05) is 12.2 Å². The van der Waals surface area contributed by atoms with Crippen LogP contribution in [0.1, 0.15) is 32.8 Å². The third-order valence-electron chi connectivity index (χ3n) is 4.70. The Labute approximate surface area is 166 Å². The minimum absolute atomic E-state index is 0.122. The van der Waals surface area contributed by atoms with Crippen LogP contribution in [-0.2, 0) is 20.8 Å². The lowest BCUT2D eigenvalue weighted by atomic mass is 10.2. The molecule has 8 heteroatoms. The number of hydrogen-bond acceptors (Lipinski definition) is 5. The summed E-state index contributed by atoms with van der Waals surface area (Å²) < 4.78 is 0. The topological polar surface area (TPSA) is 110 Å². The van der Waals surface area contributed by atoms with Crippen molar-refractivity contribution in [2.75, 3.05) is 37.6 Å². The fraction of sp³-hybridized carbons (Fsp3) is 0.550. The highest BCUT2D eigenvalue weighted by Gasteiger charge is 2.27. The van der Waals surface area contributed by atoms with E-state index in [0.717, 1.165) is 51.3 Å². The largest absolute Gasteiger partial charge is 0.473 e. The van der Waals surface area contributed by atoms with Gasteiger partial charge in [0.2, 0.25) is 5.91 Å². The Hall–Kier alpha value is -2.45. The lowest BCUT2D eigenvalue weighted by molar-refractivity contribution is -0.159. The zero-order valence-corrected chi connectivity index (χ0v) is 16.9. The predicted molar refractivity (Wildman–Crippen MR) is 108 cm³/mol. The Morgan fingerprint density at radius 3 is 2.32 bits per heavy atom. The van der Waals surface area contributed by atoms with Crippen LogP contribution in [0.25, 0.3) is 0 Å². The first kappa shape index (κ1) is 23.6. The van der Waals surface area contributed by atoms with Gasteiger partial charge in [0.1, 0.15) is 0 Å². The fourth-order valence-corrected chi connectivity index (χ4v) is 3.05. The molecular formula is C20H31N3O5.